The molecule has 0 saturated carbocycles. The zero-order valence-corrected chi connectivity index (χ0v) is 14.5. The molecule has 130 valence electrons. The predicted molar refractivity (Wildman–Crippen MR) is 92.2 cm³/mol. The molecule has 8 heteroatoms. The number of methoxy groups -OCH3 is 1. The number of fused-ring (bicyclic) bond motifs is 1. The molecule has 0 fully saturated rings. The van der Waals surface area contributed by atoms with Crippen molar-refractivity contribution in [2.45, 2.75) is 11.6 Å². The first kappa shape index (κ1) is 17.1. The molecule has 3 rings (SSSR count). The van der Waals surface area contributed by atoms with Gasteiger partial charge in [-0.25, -0.2) is 13.4 Å². The van der Waals surface area contributed by atoms with Crippen LogP contribution in [0.5, 0.6) is 0 Å². The Bertz CT molecular complexity index is 1020. The molecule has 25 heavy (non-hydrogen) atoms. The fraction of sp³-hybridized carbons (Fsp3) is 0.176. The lowest BCUT2D eigenvalue weighted by Gasteiger charge is -2.05. The van der Waals surface area contributed by atoms with E-state index in [4.69, 9.17) is 9.15 Å². The van der Waals surface area contributed by atoms with Crippen molar-refractivity contribution in [3.05, 3.63) is 53.9 Å². The average Bonchev–Trinajstić information content (AvgIpc) is 2.94. The van der Waals surface area contributed by atoms with Crippen LogP contribution in [0.15, 0.2) is 52.0 Å². The Kier molecular flexibility index (Phi) is 4.56. The van der Waals surface area contributed by atoms with E-state index < -0.39 is 15.7 Å². The summed E-state index contributed by atoms with van der Waals surface area (Å²) in [5.41, 5.74) is 1.60. The molecule has 1 amide bonds. The molecule has 0 radical (unpaired) electrons. The third-order valence-electron chi connectivity index (χ3n) is 3.57. The number of ether oxygens (including phenoxy) is 1. The minimum atomic E-state index is -3.39. The quantitative estimate of drug-likeness (QED) is 0.751. The van der Waals surface area contributed by atoms with Crippen LogP contribution in [0.1, 0.15) is 16.1 Å². The molecule has 0 unspecified atom stereocenters. The summed E-state index contributed by atoms with van der Waals surface area (Å²) in [6.07, 6.45) is 2.35. The second kappa shape index (κ2) is 6.66. The topological polar surface area (TPSA) is 98.5 Å². The lowest BCUT2D eigenvalue weighted by Crippen LogP contribution is -2.13. The molecule has 0 bridgehead atoms. The Morgan fingerprint density at radius 1 is 1.24 bits per heavy atom. The normalized spacial score (nSPS) is 11.6. The third-order valence-corrected chi connectivity index (χ3v) is 4.57. The van der Waals surface area contributed by atoms with Gasteiger partial charge in [0.2, 0.25) is 0 Å². The fourth-order valence-corrected chi connectivity index (χ4v) is 2.99. The number of hydrogen-bond acceptors (Lipinski definition) is 6. The van der Waals surface area contributed by atoms with Crippen molar-refractivity contribution in [2.75, 3.05) is 18.7 Å². The number of aromatic nitrogens is 1. The molecule has 7 nitrogen and oxygen atoms in total. The largest absolute Gasteiger partial charge is 0.451 e. The highest BCUT2D eigenvalue weighted by molar-refractivity contribution is 7.90. The van der Waals surface area contributed by atoms with Gasteiger partial charge >= 0.3 is 0 Å². The lowest BCUT2D eigenvalue weighted by atomic mass is 10.1. The molecule has 1 aromatic carbocycles. The van der Waals surface area contributed by atoms with Crippen LogP contribution in [-0.4, -0.2) is 32.7 Å². The van der Waals surface area contributed by atoms with Crippen molar-refractivity contribution < 1.29 is 22.4 Å². The second-order valence-electron chi connectivity index (χ2n) is 5.45. The molecule has 0 saturated heterocycles. The Balaban J connectivity index is 1.91. The van der Waals surface area contributed by atoms with Crippen LogP contribution in [0, 0.1) is 0 Å². The van der Waals surface area contributed by atoms with Crippen LogP contribution >= 0.6 is 0 Å². The monoisotopic (exact) mass is 360 g/mol. The van der Waals surface area contributed by atoms with Crippen LogP contribution < -0.4 is 5.32 Å². The number of hydrogen-bond donors (Lipinski definition) is 1. The van der Waals surface area contributed by atoms with Gasteiger partial charge in [-0.2, -0.15) is 0 Å². The number of anilines is 1. The van der Waals surface area contributed by atoms with Crippen LogP contribution in [-0.2, 0) is 21.2 Å². The van der Waals surface area contributed by atoms with Crippen molar-refractivity contribution >= 4 is 32.4 Å². The number of sulfone groups is 1. The minimum absolute atomic E-state index is 0.0608. The second-order valence-corrected chi connectivity index (χ2v) is 7.41. The van der Waals surface area contributed by atoms with Gasteiger partial charge in [0.25, 0.3) is 5.91 Å². The third kappa shape index (κ3) is 3.54. The maximum Gasteiger partial charge on any atom is 0.291 e. The number of carbonyl (C=O) groups excluding carboxylic acids is 1. The van der Waals surface area contributed by atoms with Gasteiger partial charge in [0.1, 0.15) is 5.58 Å². The summed E-state index contributed by atoms with van der Waals surface area (Å²) in [5, 5.41) is 3.40. The van der Waals surface area contributed by atoms with Gasteiger partial charge in [0, 0.05) is 24.3 Å². The minimum Gasteiger partial charge on any atom is -0.451 e. The summed E-state index contributed by atoms with van der Waals surface area (Å²) in [7, 11) is -1.85. The van der Waals surface area contributed by atoms with Gasteiger partial charge in [-0.1, -0.05) is 18.2 Å². The van der Waals surface area contributed by atoms with Crippen LogP contribution in [0.4, 0.5) is 5.69 Å². The van der Waals surface area contributed by atoms with Crippen LogP contribution in [0.2, 0.25) is 0 Å². The van der Waals surface area contributed by atoms with Gasteiger partial charge < -0.3 is 14.5 Å². The van der Waals surface area contributed by atoms with E-state index in [-0.39, 0.29) is 17.4 Å². The van der Waals surface area contributed by atoms with E-state index in [0.29, 0.717) is 16.8 Å². The van der Waals surface area contributed by atoms with Crippen molar-refractivity contribution in [1.82, 2.24) is 4.98 Å². The summed E-state index contributed by atoms with van der Waals surface area (Å²) in [6, 6.07) is 10.1. The predicted octanol–water partition coefficient (Wildman–Crippen LogP) is 2.63. The molecule has 0 aliphatic heterocycles. The molecular formula is C17H16N2O5S. The Labute approximate surface area is 144 Å². The molecule has 1 N–H and O–H groups in total. The van der Waals surface area contributed by atoms with E-state index in [1.165, 1.54) is 25.4 Å². The number of nitrogens with zero attached hydrogens (tertiary/aromatic N) is 1. The Morgan fingerprint density at radius 2 is 2.00 bits per heavy atom. The van der Waals surface area contributed by atoms with Gasteiger partial charge in [-0.15, -0.1) is 0 Å². The van der Waals surface area contributed by atoms with E-state index in [1.54, 1.807) is 6.07 Å². The number of nitrogens with one attached hydrogen (secondary N) is 1. The molecule has 2 heterocycles. The Hall–Kier alpha value is -2.71. The fourth-order valence-electron chi connectivity index (χ4n) is 2.43. The number of benzene rings is 1. The average molecular weight is 360 g/mol. The summed E-state index contributed by atoms with van der Waals surface area (Å²) in [5.74, 6) is -0.313. The number of amides is 1. The maximum atomic E-state index is 12.6. The molecule has 0 atom stereocenters. The number of para-hydroxylation sites is 1. The van der Waals surface area contributed by atoms with E-state index in [0.717, 1.165) is 11.6 Å². The highest BCUT2D eigenvalue weighted by atomic mass is 32.2. The molecule has 0 aliphatic rings. The molecule has 2 aromatic heterocycles. The molecule has 0 aliphatic carbocycles. The van der Waals surface area contributed by atoms with Gasteiger partial charge in [0.15, 0.2) is 20.6 Å². The van der Waals surface area contributed by atoms with Crippen molar-refractivity contribution in [2.24, 2.45) is 0 Å². The molecule has 3 aromatic rings. The van der Waals surface area contributed by atoms with Crippen molar-refractivity contribution in [3.63, 3.8) is 0 Å². The molecular weight excluding hydrogens is 344 g/mol. The van der Waals surface area contributed by atoms with Gasteiger partial charge in [-0.3, -0.25) is 4.79 Å². The zero-order chi connectivity index (χ0) is 18.0. The van der Waals surface area contributed by atoms with E-state index in [9.17, 15) is 13.2 Å². The van der Waals surface area contributed by atoms with Crippen molar-refractivity contribution in [3.8, 4) is 0 Å². The molecule has 0 spiro atoms. The summed E-state index contributed by atoms with van der Waals surface area (Å²) >= 11 is 0. The summed E-state index contributed by atoms with van der Waals surface area (Å²) in [4.78, 5) is 16.4. The van der Waals surface area contributed by atoms with E-state index in [1.807, 2.05) is 18.2 Å². The first-order chi connectivity index (χ1) is 11.9. The number of rotatable bonds is 5. The van der Waals surface area contributed by atoms with E-state index >= 15 is 0 Å². The standard InChI is InChI=1S/C17H16N2O5S/c1-23-10-13-12-5-3-4-6-14(12)24-16(13)17(20)19-11-7-8-15(18-9-11)25(2,21)22/h3-9H,10H2,1-2H3,(H,19,20). The number of pyridine rings is 1. The van der Waals surface area contributed by atoms with Crippen LogP contribution in [0.25, 0.3) is 11.0 Å². The van der Waals surface area contributed by atoms with Crippen LogP contribution in [0.3, 0.4) is 0 Å². The van der Waals surface area contributed by atoms with Crippen molar-refractivity contribution in [1.29, 1.82) is 0 Å². The summed E-state index contributed by atoms with van der Waals surface area (Å²) < 4.78 is 33.7. The Morgan fingerprint density at radius 3 is 2.64 bits per heavy atom. The zero-order valence-electron chi connectivity index (χ0n) is 13.6. The highest BCUT2D eigenvalue weighted by Crippen LogP contribution is 2.27. The smallest absolute Gasteiger partial charge is 0.291 e. The highest BCUT2D eigenvalue weighted by Gasteiger charge is 2.20. The van der Waals surface area contributed by atoms with Gasteiger partial charge in [-0.05, 0) is 18.2 Å². The SMILES string of the molecule is COCc1c(C(=O)Nc2ccc(S(C)(=O)=O)nc2)oc2ccccc12. The summed E-state index contributed by atoms with van der Waals surface area (Å²) in [6.45, 7) is 0.227. The van der Waals surface area contributed by atoms with Gasteiger partial charge in [0.05, 0.1) is 18.5 Å². The van der Waals surface area contributed by atoms with E-state index in [2.05, 4.69) is 10.3 Å². The number of furan rings is 1. The number of carbonyl (C=O) groups is 1. The first-order valence-corrected chi connectivity index (χ1v) is 9.26. The maximum absolute atomic E-state index is 12.6. The first-order valence-electron chi connectivity index (χ1n) is 7.37. The lowest BCUT2D eigenvalue weighted by molar-refractivity contribution is 0.0992.